The summed E-state index contributed by atoms with van der Waals surface area (Å²) in [5.41, 5.74) is 1.02. The Balaban J connectivity index is 2.02. The van der Waals surface area contributed by atoms with Crippen molar-refractivity contribution >= 4 is 17.8 Å². The van der Waals surface area contributed by atoms with E-state index < -0.39 is 12.0 Å². The van der Waals surface area contributed by atoms with Crippen LogP contribution in [0.25, 0.3) is 0 Å². The zero-order valence-electron chi connectivity index (χ0n) is 18.4. The first-order chi connectivity index (χ1) is 14.9. The molecule has 31 heavy (non-hydrogen) atoms. The normalized spacial score (nSPS) is 21.4. The molecule has 1 aliphatic heterocycles. The van der Waals surface area contributed by atoms with Crippen LogP contribution in [0.2, 0.25) is 0 Å². The summed E-state index contributed by atoms with van der Waals surface area (Å²) in [6.45, 7) is 3.83. The lowest BCUT2D eigenvalue weighted by Crippen LogP contribution is -2.46. The van der Waals surface area contributed by atoms with Crippen molar-refractivity contribution in [1.29, 1.82) is 0 Å². The molecule has 3 N–H and O–H groups in total. The van der Waals surface area contributed by atoms with E-state index in [0.717, 1.165) is 5.56 Å². The molecule has 2 amide bonds. The molecule has 170 valence electrons. The van der Waals surface area contributed by atoms with Gasteiger partial charge >= 0.3 is 5.97 Å². The molecule has 3 atom stereocenters. The Kier molecular flexibility index (Phi) is 10.2. The van der Waals surface area contributed by atoms with Crippen molar-refractivity contribution < 1.29 is 24.2 Å². The molecule has 7 nitrogen and oxygen atoms in total. The van der Waals surface area contributed by atoms with Gasteiger partial charge in [-0.1, -0.05) is 56.3 Å². The molecule has 0 radical (unpaired) electrons. The highest BCUT2D eigenvalue weighted by Gasteiger charge is 2.26. The smallest absolute Gasteiger partial charge is 0.306 e. The van der Waals surface area contributed by atoms with Crippen molar-refractivity contribution in [2.45, 2.75) is 58.0 Å². The SMILES string of the molecule is CC(C)[C@H]1COC(=O)CCC=CC[C@H](CC(=O)N[C@@H](CO)Cc2ccccc2)C(=O)N1. The van der Waals surface area contributed by atoms with E-state index in [-0.39, 0.29) is 55.8 Å². The lowest BCUT2D eigenvalue weighted by atomic mass is 9.96. The van der Waals surface area contributed by atoms with Crippen molar-refractivity contribution in [3.8, 4) is 0 Å². The minimum Gasteiger partial charge on any atom is -0.463 e. The van der Waals surface area contributed by atoms with Crippen LogP contribution in [0.1, 0.15) is 45.1 Å². The molecule has 0 aliphatic carbocycles. The van der Waals surface area contributed by atoms with Gasteiger partial charge in [-0.05, 0) is 30.7 Å². The summed E-state index contributed by atoms with van der Waals surface area (Å²) in [5.74, 6) is -1.26. The second-order valence-corrected chi connectivity index (χ2v) is 8.33. The van der Waals surface area contributed by atoms with Gasteiger partial charge in [0, 0.05) is 12.8 Å². The number of hydrogen-bond acceptors (Lipinski definition) is 5. The number of allylic oxidation sites excluding steroid dienone is 2. The second-order valence-electron chi connectivity index (χ2n) is 8.33. The van der Waals surface area contributed by atoms with E-state index in [1.807, 2.05) is 56.3 Å². The highest BCUT2D eigenvalue weighted by atomic mass is 16.5. The molecule has 0 spiro atoms. The third-order valence-corrected chi connectivity index (χ3v) is 5.37. The Morgan fingerprint density at radius 1 is 1.23 bits per heavy atom. The first-order valence-electron chi connectivity index (χ1n) is 10.9. The van der Waals surface area contributed by atoms with Crippen molar-refractivity contribution in [2.75, 3.05) is 13.2 Å². The van der Waals surface area contributed by atoms with E-state index in [9.17, 15) is 19.5 Å². The predicted molar refractivity (Wildman–Crippen MR) is 118 cm³/mol. The Morgan fingerprint density at radius 2 is 1.97 bits per heavy atom. The Morgan fingerprint density at radius 3 is 2.65 bits per heavy atom. The summed E-state index contributed by atoms with van der Waals surface area (Å²) in [6, 6.07) is 8.90. The van der Waals surface area contributed by atoms with E-state index in [2.05, 4.69) is 10.6 Å². The van der Waals surface area contributed by atoms with Gasteiger partial charge in [0.1, 0.15) is 6.61 Å². The fraction of sp³-hybridized carbons (Fsp3) is 0.542. The zero-order valence-corrected chi connectivity index (χ0v) is 18.4. The van der Waals surface area contributed by atoms with Crippen LogP contribution in [-0.4, -0.2) is 48.2 Å². The summed E-state index contributed by atoms with van der Waals surface area (Å²) >= 11 is 0. The Bertz CT molecular complexity index is 748. The van der Waals surface area contributed by atoms with Gasteiger partial charge in [-0.3, -0.25) is 14.4 Å². The number of nitrogens with one attached hydrogen (secondary N) is 2. The zero-order chi connectivity index (χ0) is 22.6. The maximum absolute atomic E-state index is 12.9. The van der Waals surface area contributed by atoms with E-state index in [1.54, 1.807) is 0 Å². The van der Waals surface area contributed by atoms with E-state index >= 15 is 0 Å². The van der Waals surface area contributed by atoms with Crippen LogP contribution >= 0.6 is 0 Å². The number of cyclic esters (lactones) is 1. The number of aliphatic hydroxyl groups is 1. The summed E-state index contributed by atoms with van der Waals surface area (Å²) in [5, 5.41) is 15.5. The largest absolute Gasteiger partial charge is 0.463 e. The molecule has 1 aliphatic rings. The Labute approximate surface area is 184 Å². The number of carbonyl (C=O) groups is 3. The van der Waals surface area contributed by atoms with Gasteiger partial charge in [-0.2, -0.15) is 0 Å². The third-order valence-electron chi connectivity index (χ3n) is 5.37. The quantitative estimate of drug-likeness (QED) is 0.454. The van der Waals surface area contributed by atoms with Gasteiger partial charge in [0.15, 0.2) is 0 Å². The molecule has 0 saturated heterocycles. The summed E-state index contributed by atoms with van der Waals surface area (Å²) < 4.78 is 5.28. The molecular weight excluding hydrogens is 396 g/mol. The van der Waals surface area contributed by atoms with Gasteiger partial charge in [0.2, 0.25) is 11.8 Å². The summed E-state index contributed by atoms with van der Waals surface area (Å²) in [7, 11) is 0. The highest BCUT2D eigenvalue weighted by Crippen LogP contribution is 2.15. The average molecular weight is 431 g/mol. The molecule has 2 rings (SSSR count). The van der Waals surface area contributed by atoms with Gasteiger partial charge in [-0.15, -0.1) is 0 Å². The molecule has 0 saturated carbocycles. The molecule has 0 unspecified atom stereocenters. The number of esters is 1. The van der Waals surface area contributed by atoms with Crippen molar-refractivity contribution in [3.63, 3.8) is 0 Å². The summed E-state index contributed by atoms with van der Waals surface area (Å²) in [4.78, 5) is 37.3. The minimum absolute atomic E-state index is 0.0199. The fourth-order valence-electron chi connectivity index (χ4n) is 3.39. The van der Waals surface area contributed by atoms with Crippen LogP contribution in [-0.2, 0) is 25.5 Å². The second kappa shape index (κ2) is 12.9. The lowest BCUT2D eigenvalue weighted by molar-refractivity contribution is -0.145. The van der Waals surface area contributed by atoms with E-state index in [1.165, 1.54) is 0 Å². The molecule has 1 aromatic carbocycles. The van der Waals surface area contributed by atoms with Gasteiger partial charge in [0.25, 0.3) is 0 Å². The molecular formula is C24H34N2O5. The summed E-state index contributed by atoms with van der Waals surface area (Å²) in [6.07, 6.45) is 5.44. The number of amides is 2. The van der Waals surface area contributed by atoms with Crippen LogP contribution in [0.4, 0.5) is 0 Å². The van der Waals surface area contributed by atoms with Crippen molar-refractivity contribution in [1.82, 2.24) is 10.6 Å². The Hall–Kier alpha value is -2.67. The monoisotopic (exact) mass is 430 g/mol. The molecule has 1 heterocycles. The number of carbonyl (C=O) groups excluding carboxylic acids is 3. The average Bonchev–Trinajstić information content (AvgIpc) is 2.74. The topological polar surface area (TPSA) is 105 Å². The van der Waals surface area contributed by atoms with Crippen LogP contribution in [0.3, 0.4) is 0 Å². The number of rotatable bonds is 7. The van der Waals surface area contributed by atoms with Crippen LogP contribution in [0.5, 0.6) is 0 Å². The van der Waals surface area contributed by atoms with Gasteiger partial charge < -0.3 is 20.5 Å². The fourth-order valence-corrected chi connectivity index (χ4v) is 3.39. The van der Waals surface area contributed by atoms with E-state index in [0.29, 0.717) is 19.3 Å². The molecule has 1 aromatic rings. The minimum atomic E-state index is -0.538. The van der Waals surface area contributed by atoms with Gasteiger partial charge in [0.05, 0.1) is 24.6 Å². The molecule has 0 aromatic heterocycles. The van der Waals surface area contributed by atoms with Crippen molar-refractivity contribution in [3.05, 3.63) is 48.0 Å². The van der Waals surface area contributed by atoms with Crippen LogP contribution in [0, 0.1) is 11.8 Å². The number of benzene rings is 1. The maximum atomic E-state index is 12.9. The van der Waals surface area contributed by atoms with Crippen LogP contribution < -0.4 is 10.6 Å². The number of hydrogen-bond donors (Lipinski definition) is 3. The lowest BCUT2D eigenvalue weighted by Gasteiger charge is -2.25. The molecule has 0 bridgehead atoms. The third kappa shape index (κ3) is 8.92. The maximum Gasteiger partial charge on any atom is 0.306 e. The first kappa shape index (κ1) is 24.6. The predicted octanol–water partition coefficient (Wildman–Crippen LogP) is 2.14. The van der Waals surface area contributed by atoms with Crippen LogP contribution in [0.15, 0.2) is 42.5 Å². The first-order valence-corrected chi connectivity index (χ1v) is 10.9. The number of ether oxygens (including phenoxy) is 1. The van der Waals surface area contributed by atoms with E-state index in [4.69, 9.17) is 4.74 Å². The molecule has 0 fully saturated rings. The highest BCUT2D eigenvalue weighted by molar-refractivity contribution is 5.86. The van der Waals surface area contributed by atoms with Gasteiger partial charge in [-0.25, -0.2) is 0 Å². The standard InChI is InChI=1S/C24H34N2O5/c1-17(2)21-16-31-23(29)12-8-4-7-11-19(24(30)26-21)14-22(28)25-20(15-27)13-18-9-5-3-6-10-18/h3-7,9-10,17,19-21,27H,8,11-16H2,1-2H3,(H,25,28)(H,26,30)/t19-,20-,21-/m1/s1. The molecule has 7 heteroatoms. The van der Waals surface area contributed by atoms with Crippen molar-refractivity contribution in [2.24, 2.45) is 11.8 Å². The number of aliphatic hydroxyl groups excluding tert-OH is 1.